The minimum absolute atomic E-state index is 0.0735. The second kappa shape index (κ2) is 9.27. The molecule has 1 unspecified atom stereocenters. The van der Waals surface area contributed by atoms with Crippen molar-refractivity contribution in [2.45, 2.75) is 6.04 Å². The number of ether oxygens (including phenoxy) is 2. The number of urea groups is 1. The average Bonchev–Trinajstić information content (AvgIpc) is 2.62. The fourth-order valence-electron chi connectivity index (χ4n) is 2.64. The largest absolute Gasteiger partial charge is 0.494 e. The van der Waals surface area contributed by atoms with Crippen molar-refractivity contribution < 1.29 is 27.5 Å². The van der Waals surface area contributed by atoms with Crippen molar-refractivity contribution in [1.29, 1.82) is 0 Å². The highest BCUT2D eigenvalue weighted by atomic mass is 32.2. The fourth-order valence-corrected chi connectivity index (χ4v) is 2.94. The predicted octanol–water partition coefficient (Wildman–Crippen LogP) is 0.218. The van der Waals surface area contributed by atoms with Crippen molar-refractivity contribution in [3.63, 3.8) is 0 Å². The minimum Gasteiger partial charge on any atom is -0.494 e. The summed E-state index contributed by atoms with van der Waals surface area (Å²) in [6.45, 7) is 1.86. The molecule has 142 valence electrons. The summed E-state index contributed by atoms with van der Waals surface area (Å²) in [7, 11) is 0.112. The minimum atomic E-state index is -2.68. The molecule has 0 spiro atoms. The Morgan fingerprint density at radius 2 is 2.00 bits per heavy atom. The number of carbonyl (C=O) groups is 2. The van der Waals surface area contributed by atoms with Gasteiger partial charge >= 0.3 is 16.5 Å². The molecule has 1 fully saturated rings. The molecule has 1 heterocycles. The second-order valence-corrected chi connectivity index (χ2v) is 5.98. The van der Waals surface area contributed by atoms with Crippen molar-refractivity contribution in [1.82, 2.24) is 15.5 Å². The van der Waals surface area contributed by atoms with Crippen LogP contribution in [0.4, 0.5) is 10.5 Å². The lowest BCUT2D eigenvalue weighted by molar-refractivity contribution is -0.127. The number of benzene rings is 1. The molecule has 0 aromatic heterocycles. The lowest BCUT2D eigenvalue weighted by Gasteiger charge is -2.33. The first kappa shape index (κ1) is 19.8. The van der Waals surface area contributed by atoms with Gasteiger partial charge in [0.1, 0.15) is 17.5 Å². The molecule has 10 nitrogen and oxygen atoms in total. The number of hydrogen-bond donors (Lipinski definition) is 2. The summed E-state index contributed by atoms with van der Waals surface area (Å²) in [5, 5.41) is 4.59. The van der Waals surface area contributed by atoms with Crippen molar-refractivity contribution in [2.24, 2.45) is 4.36 Å². The van der Waals surface area contributed by atoms with Crippen molar-refractivity contribution in [3.8, 4) is 5.75 Å². The highest BCUT2D eigenvalue weighted by Gasteiger charge is 2.30. The third-order valence-corrected chi connectivity index (χ3v) is 4.16. The van der Waals surface area contributed by atoms with E-state index in [2.05, 4.69) is 15.0 Å². The van der Waals surface area contributed by atoms with E-state index in [9.17, 15) is 18.0 Å². The first-order valence-corrected chi connectivity index (χ1v) is 8.83. The fraction of sp³-hybridized carbons (Fsp3) is 0.467. The molecule has 0 bridgehead atoms. The van der Waals surface area contributed by atoms with E-state index in [-0.39, 0.29) is 11.4 Å². The van der Waals surface area contributed by atoms with Crippen LogP contribution in [0.15, 0.2) is 22.6 Å². The van der Waals surface area contributed by atoms with Crippen LogP contribution in [-0.2, 0) is 20.0 Å². The van der Waals surface area contributed by atoms with E-state index < -0.39 is 28.5 Å². The maximum absolute atomic E-state index is 12.7. The number of amides is 3. The van der Waals surface area contributed by atoms with Gasteiger partial charge in [0.2, 0.25) is 5.91 Å². The second-order valence-electron chi connectivity index (χ2n) is 5.36. The quantitative estimate of drug-likeness (QED) is 0.743. The number of nitrogens with zero attached hydrogens (tertiary/aromatic N) is 2. The van der Waals surface area contributed by atoms with Crippen LogP contribution in [0.3, 0.4) is 0 Å². The summed E-state index contributed by atoms with van der Waals surface area (Å²) < 4.78 is 35.8. The molecule has 1 aromatic carbocycles. The number of nitrogens with one attached hydrogen (secondary N) is 2. The maximum atomic E-state index is 12.7. The van der Waals surface area contributed by atoms with Crippen LogP contribution in [-0.4, -0.2) is 65.7 Å². The van der Waals surface area contributed by atoms with E-state index in [0.717, 1.165) is 0 Å². The molecule has 1 aliphatic heterocycles. The molecule has 11 heteroatoms. The Labute approximate surface area is 152 Å². The van der Waals surface area contributed by atoms with Gasteiger partial charge in [0.25, 0.3) is 0 Å². The van der Waals surface area contributed by atoms with Crippen molar-refractivity contribution in [2.75, 3.05) is 40.5 Å². The number of morpholine rings is 1. The first-order valence-electron chi connectivity index (χ1n) is 7.79. The lowest BCUT2D eigenvalue weighted by atomic mass is 10.0. The summed E-state index contributed by atoms with van der Waals surface area (Å²) in [6.07, 6.45) is 0. The zero-order valence-corrected chi connectivity index (χ0v) is 15.2. The van der Waals surface area contributed by atoms with Crippen molar-refractivity contribution >= 4 is 28.1 Å². The zero-order chi connectivity index (χ0) is 19.1. The van der Waals surface area contributed by atoms with Crippen LogP contribution in [0.25, 0.3) is 0 Å². The summed E-state index contributed by atoms with van der Waals surface area (Å²) in [5.41, 5.74) is 0.558. The zero-order valence-electron chi connectivity index (χ0n) is 14.4. The molecule has 0 aliphatic carbocycles. The number of rotatable bonds is 5. The average molecular weight is 384 g/mol. The highest BCUT2D eigenvalue weighted by Crippen LogP contribution is 2.32. The number of methoxy groups -OCH3 is 1. The summed E-state index contributed by atoms with van der Waals surface area (Å²) in [5.74, 6) is -0.281. The Balaban J connectivity index is 2.45. The Bertz CT molecular complexity index is 796. The molecular weight excluding hydrogens is 364 g/mol. The predicted molar refractivity (Wildman–Crippen MR) is 91.7 cm³/mol. The molecule has 1 saturated heterocycles. The SMILES string of the molecule is CNC(=O)NC(=O)C(c1ccc(OC)c(N=S(=O)=O)c1)N1CCOCC1. The van der Waals surface area contributed by atoms with E-state index >= 15 is 0 Å². The maximum Gasteiger partial charge on any atom is 0.321 e. The molecule has 1 aliphatic rings. The van der Waals surface area contributed by atoms with Gasteiger partial charge in [0, 0.05) is 20.1 Å². The van der Waals surface area contributed by atoms with E-state index in [0.29, 0.717) is 31.9 Å². The van der Waals surface area contributed by atoms with E-state index in [1.54, 1.807) is 6.07 Å². The summed E-state index contributed by atoms with van der Waals surface area (Å²) in [4.78, 5) is 26.1. The van der Waals surface area contributed by atoms with Gasteiger partial charge in [-0.3, -0.25) is 15.0 Å². The molecule has 2 rings (SSSR count). The highest BCUT2D eigenvalue weighted by molar-refractivity contribution is 7.61. The molecule has 1 aromatic rings. The number of carbonyl (C=O) groups excluding carboxylic acids is 2. The van der Waals surface area contributed by atoms with Crippen LogP contribution in [0.5, 0.6) is 5.75 Å². The summed E-state index contributed by atoms with van der Waals surface area (Å²) in [6, 6.07) is 3.18. The molecule has 26 heavy (non-hydrogen) atoms. The van der Waals surface area contributed by atoms with Gasteiger partial charge in [0.05, 0.1) is 20.3 Å². The Kier molecular flexibility index (Phi) is 7.06. The van der Waals surface area contributed by atoms with Crippen molar-refractivity contribution in [3.05, 3.63) is 23.8 Å². The third-order valence-electron chi connectivity index (χ3n) is 3.81. The molecule has 0 saturated carbocycles. The van der Waals surface area contributed by atoms with E-state index in [4.69, 9.17) is 9.47 Å². The van der Waals surface area contributed by atoms with E-state index in [1.807, 2.05) is 4.90 Å². The van der Waals surface area contributed by atoms with E-state index in [1.165, 1.54) is 26.3 Å². The Morgan fingerprint density at radius 1 is 1.31 bits per heavy atom. The van der Waals surface area contributed by atoms with Gasteiger partial charge < -0.3 is 14.8 Å². The molecule has 2 N–H and O–H groups in total. The number of hydrogen-bond acceptors (Lipinski definition) is 8. The molecule has 1 atom stereocenters. The van der Waals surface area contributed by atoms with Crippen LogP contribution in [0.2, 0.25) is 0 Å². The Hall–Kier alpha value is -2.50. The van der Waals surface area contributed by atoms with Gasteiger partial charge in [0.15, 0.2) is 0 Å². The molecule has 3 amide bonds. The normalized spacial score (nSPS) is 15.6. The number of imide groups is 1. The van der Waals surface area contributed by atoms with Crippen LogP contribution >= 0.6 is 0 Å². The Morgan fingerprint density at radius 3 is 2.58 bits per heavy atom. The third kappa shape index (κ3) is 5.00. The van der Waals surface area contributed by atoms with Gasteiger partial charge in [-0.15, -0.1) is 4.36 Å². The van der Waals surface area contributed by atoms with Crippen LogP contribution in [0, 0.1) is 0 Å². The first-order chi connectivity index (χ1) is 12.5. The molecular formula is C15H20N4O6S. The molecule has 0 radical (unpaired) electrons. The monoisotopic (exact) mass is 384 g/mol. The van der Waals surface area contributed by atoms with Gasteiger partial charge in [-0.1, -0.05) is 6.07 Å². The van der Waals surface area contributed by atoms with Gasteiger partial charge in [-0.05, 0) is 17.7 Å². The topological polar surface area (TPSA) is 126 Å². The van der Waals surface area contributed by atoms with Gasteiger partial charge in [-0.25, -0.2) is 4.79 Å². The standard InChI is InChI=1S/C15H20N4O6S/c1-16-15(21)17-14(20)13(19-5-7-25-8-6-19)10-3-4-12(24-2)11(9-10)18-26(22)23/h3-4,9,13H,5-8H2,1-2H3,(H2,16,17,20,21). The summed E-state index contributed by atoms with van der Waals surface area (Å²) >= 11 is 0. The van der Waals surface area contributed by atoms with Gasteiger partial charge in [-0.2, -0.15) is 8.42 Å². The van der Waals surface area contributed by atoms with Crippen LogP contribution < -0.4 is 15.4 Å². The lowest BCUT2D eigenvalue weighted by Crippen LogP contribution is -2.48. The smallest absolute Gasteiger partial charge is 0.321 e. The van der Waals surface area contributed by atoms with Crippen LogP contribution in [0.1, 0.15) is 11.6 Å².